The molecule has 0 amide bonds. The van der Waals surface area contributed by atoms with Crippen LogP contribution in [0.1, 0.15) is 18.3 Å². The van der Waals surface area contributed by atoms with E-state index in [0.717, 1.165) is 45.1 Å². The van der Waals surface area contributed by atoms with Gasteiger partial charge in [0.25, 0.3) is 0 Å². The Balaban J connectivity index is 1.97. The summed E-state index contributed by atoms with van der Waals surface area (Å²) in [6, 6.07) is 10.4. The van der Waals surface area contributed by atoms with Crippen molar-refractivity contribution in [2.75, 3.05) is 19.8 Å². The van der Waals surface area contributed by atoms with Crippen molar-refractivity contribution in [3.8, 4) is 11.4 Å². The predicted molar refractivity (Wildman–Crippen MR) is 79.6 cm³/mol. The molecule has 1 aromatic heterocycles. The third kappa shape index (κ3) is 2.62. The molecular weight excluding hydrogens is 250 g/mol. The number of benzene rings is 1. The second-order valence-corrected chi connectivity index (χ2v) is 4.97. The van der Waals surface area contributed by atoms with Crippen LogP contribution in [-0.2, 0) is 24.2 Å². The van der Waals surface area contributed by atoms with Crippen molar-refractivity contribution in [3.63, 3.8) is 0 Å². The first-order valence-electron chi connectivity index (χ1n) is 7.32. The molecule has 0 unspecified atom stereocenters. The number of hydrogen-bond donors (Lipinski definition) is 1. The SMILES string of the molecule is CCOCCn1c(-c2ccccc2)nc2c1CCNC2. The Bertz CT molecular complexity index is 563. The van der Waals surface area contributed by atoms with E-state index in [1.54, 1.807) is 0 Å². The Hall–Kier alpha value is -1.65. The highest BCUT2D eigenvalue weighted by Crippen LogP contribution is 2.24. The number of nitrogens with zero attached hydrogens (tertiary/aromatic N) is 2. The summed E-state index contributed by atoms with van der Waals surface area (Å²) in [5, 5.41) is 3.39. The second kappa shape index (κ2) is 6.20. The molecule has 20 heavy (non-hydrogen) atoms. The van der Waals surface area contributed by atoms with Gasteiger partial charge in [-0.25, -0.2) is 4.98 Å². The number of fused-ring (bicyclic) bond motifs is 1. The normalized spacial score (nSPS) is 14.2. The van der Waals surface area contributed by atoms with Crippen molar-refractivity contribution in [2.24, 2.45) is 0 Å². The summed E-state index contributed by atoms with van der Waals surface area (Å²) in [5.74, 6) is 1.07. The average molecular weight is 271 g/mol. The van der Waals surface area contributed by atoms with Crippen molar-refractivity contribution in [2.45, 2.75) is 26.4 Å². The smallest absolute Gasteiger partial charge is 0.140 e. The molecule has 0 radical (unpaired) electrons. The fraction of sp³-hybridized carbons (Fsp3) is 0.438. The fourth-order valence-corrected chi connectivity index (χ4v) is 2.72. The molecule has 2 aromatic rings. The van der Waals surface area contributed by atoms with Crippen molar-refractivity contribution in [3.05, 3.63) is 41.7 Å². The number of aromatic nitrogens is 2. The first kappa shape index (κ1) is 13.3. The summed E-state index contributed by atoms with van der Waals surface area (Å²) in [7, 11) is 0. The maximum absolute atomic E-state index is 5.52. The van der Waals surface area contributed by atoms with Crippen LogP contribution in [0.4, 0.5) is 0 Å². The molecule has 0 atom stereocenters. The molecule has 0 saturated carbocycles. The molecule has 1 aliphatic rings. The van der Waals surface area contributed by atoms with Gasteiger partial charge >= 0.3 is 0 Å². The molecule has 1 N–H and O–H groups in total. The van der Waals surface area contributed by atoms with E-state index in [0.29, 0.717) is 0 Å². The average Bonchev–Trinajstić information content (AvgIpc) is 2.87. The van der Waals surface area contributed by atoms with E-state index < -0.39 is 0 Å². The number of imidazole rings is 1. The third-order valence-electron chi connectivity index (χ3n) is 3.68. The van der Waals surface area contributed by atoms with Gasteiger partial charge in [0.05, 0.1) is 12.3 Å². The van der Waals surface area contributed by atoms with Crippen molar-refractivity contribution in [1.82, 2.24) is 14.9 Å². The monoisotopic (exact) mass is 271 g/mol. The van der Waals surface area contributed by atoms with E-state index in [9.17, 15) is 0 Å². The Kier molecular flexibility index (Phi) is 4.14. The molecule has 4 heteroatoms. The first-order valence-corrected chi connectivity index (χ1v) is 7.32. The van der Waals surface area contributed by atoms with E-state index in [-0.39, 0.29) is 0 Å². The minimum Gasteiger partial charge on any atom is -0.380 e. The quantitative estimate of drug-likeness (QED) is 0.848. The molecule has 0 spiro atoms. The van der Waals surface area contributed by atoms with Crippen LogP contribution in [0, 0.1) is 0 Å². The summed E-state index contributed by atoms with van der Waals surface area (Å²) in [6.07, 6.45) is 1.04. The van der Waals surface area contributed by atoms with Crippen LogP contribution in [0.2, 0.25) is 0 Å². The highest BCUT2D eigenvalue weighted by atomic mass is 16.5. The predicted octanol–water partition coefficient (Wildman–Crippen LogP) is 2.23. The van der Waals surface area contributed by atoms with Crippen LogP contribution < -0.4 is 5.32 Å². The number of hydrogen-bond acceptors (Lipinski definition) is 3. The van der Waals surface area contributed by atoms with Crippen LogP contribution in [0.25, 0.3) is 11.4 Å². The summed E-state index contributed by atoms with van der Waals surface area (Å²) < 4.78 is 7.86. The van der Waals surface area contributed by atoms with Crippen LogP contribution in [0.3, 0.4) is 0 Å². The lowest BCUT2D eigenvalue weighted by Crippen LogP contribution is -2.25. The van der Waals surface area contributed by atoms with Crippen LogP contribution in [-0.4, -0.2) is 29.3 Å². The van der Waals surface area contributed by atoms with Gasteiger partial charge in [0.2, 0.25) is 0 Å². The maximum Gasteiger partial charge on any atom is 0.140 e. The minimum absolute atomic E-state index is 0.743. The number of rotatable bonds is 5. The van der Waals surface area contributed by atoms with Gasteiger partial charge in [-0.05, 0) is 6.92 Å². The van der Waals surface area contributed by atoms with Gasteiger partial charge < -0.3 is 14.6 Å². The van der Waals surface area contributed by atoms with Gasteiger partial charge in [0.15, 0.2) is 0 Å². The fourth-order valence-electron chi connectivity index (χ4n) is 2.72. The van der Waals surface area contributed by atoms with Gasteiger partial charge in [-0.3, -0.25) is 0 Å². The standard InChI is InChI=1S/C16H21N3O/c1-2-20-11-10-19-15-8-9-17-12-14(15)18-16(19)13-6-4-3-5-7-13/h3-7,17H,2,8-12H2,1H3. The first-order chi connectivity index (χ1) is 9.90. The van der Waals surface area contributed by atoms with Crippen LogP contribution in [0.5, 0.6) is 0 Å². The zero-order chi connectivity index (χ0) is 13.8. The number of ether oxygens (including phenoxy) is 1. The highest BCUT2D eigenvalue weighted by Gasteiger charge is 2.20. The van der Waals surface area contributed by atoms with Gasteiger partial charge in [0.1, 0.15) is 5.82 Å². The third-order valence-corrected chi connectivity index (χ3v) is 3.68. The zero-order valence-electron chi connectivity index (χ0n) is 11.9. The van der Waals surface area contributed by atoms with Gasteiger partial charge in [0, 0.05) is 43.9 Å². The maximum atomic E-state index is 5.52. The molecule has 1 aliphatic heterocycles. The molecule has 3 rings (SSSR count). The summed E-state index contributed by atoms with van der Waals surface area (Å²) >= 11 is 0. The Morgan fingerprint density at radius 3 is 2.95 bits per heavy atom. The Morgan fingerprint density at radius 2 is 2.15 bits per heavy atom. The molecule has 106 valence electrons. The van der Waals surface area contributed by atoms with E-state index in [2.05, 4.69) is 34.1 Å². The molecule has 1 aromatic carbocycles. The van der Waals surface area contributed by atoms with E-state index in [1.165, 1.54) is 17.0 Å². The van der Waals surface area contributed by atoms with E-state index in [4.69, 9.17) is 9.72 Å². The van der Waals surface area contributed by atoms with Gasteiger partial charge in [-0.15, -0.1) is 0 Å². The molecule has 0 bridgehead atoms. The van der Waals surface area contributed by atoms with E-state index >= 15 is 0 Å². The molecular formula is C16H21N3O. The van der Waals surface area contributed by atoms with Crippen molar-refractivity contribution < 1.29 is 4.74 Å². The van der Waals surface area contributed by atoms with Crippen LogP contribution >= 0.6 is 0 Å². The molecule has 0 saturated heterocycles. The lowest BCUT2D eigenvalue weighted by molar-refractivity contribution is 0.138. The lowest BCUT2D eigenvalue weighted by Gasteiger charge is -2.16. The van der Waals surface area contributed by atoms with Crippen LogP contribution in [0.15, 0.2) is 30.3 Å². The summed E-state index contributed by atoms with van der Waals surface area (Å²) in [6.45, 7) is 6.32. The van der Waals surface area contributed by atoms with Gasteiger partial charge in [-0.2, -0.15) is 0 Å². The minimum atomic E-state index is 0.743. The van der Waals surface area contributed by atoms with Crippen molar-refractivity contribution in [1.29, 1.82) is 0 Å². The topological polar surface area (TPSA) is 39.1 Å². The number of nitrogens with one attached hydrogen (secondary N) is 1. The zero-order valence-corrected chi connectivity index (χ0v) is 11.9. The van der Waals surface area contributed by atoms with Crippen molar-refractivity contribution >= 4 is 0 Å². The highest BCUT2D eigenvalue weighted by molar-refractivity contribution is 5.57. The van der Waals surface area contributed by atoms with E-state index in [1.807, 2.05) is 13.0 Å². The lowest BCUT2D eigenvalue weighted by atomic mass is 10.2. The second-order valence-electron chi connectivity index (χ2n) is 4.97. The molecule has 4 nitrogen and oxygen atoms in total. The van der Waals surface area contributed by atoms with Gasteiger partial charge in [-0.1, -0.05) is 30.3 Å². The summed E-state index contributed by atoms with van der Waals surface area (Å²) in [4.78, 5) is 4.84. The largest absolute Gasteiger partial charge is 0.380 e. The Morgan fingerprint density at radius 1 is 1.30 bits per heavy atom. The molecule has 0 aliphatic carbocycles. The Labute approximate surface area is 119 Å². The molecule has 2 heterocycles. The molecule has 0 fully saturated rings. The summed E-state index contributed by atoms with van der Waals surface area (Å²) in [5.41, 5.74) is 3.73.